The normalized spacial score (nSPS) is 17.7. The van der Waals surface area contributed by atoms with Crippen molar-refractivity contribution in [3.8, 4) is 5.75 Å². The van der Waals surface area contributed by atoms with Crippen LogP contribution >= 0.6 is 0 Å². The molecule has 6 nitrogen and oxygen atoms in total. The number of piperidine rings is 1. The highest BCUT2D eigenvalue weighted by Crippen LogP contribution is 2.30. The van der Waals surface area contributed by atoms with E-state index in [0.717, 1.165) is 31.5 Å². The summed E-state index contributed by atoms with van der Waals surface area (Å²) >= 11 is 0. The molecule has 0 unspecified atom stereocenters. The van der Waals surface area contributed by atoms with Gasteiger partial charge in [-0.15, -0.1) is 0 Å². The van der Waals surface area contributed by atoms with Crippen LogP contribution in [0.1, 0.15) is 24.0 Å². The van der Waals surface area contributed by atoms with Crippen LogP contribution in [0.25, 0.3) is 0 Å². The zero-order valence-corrected chi connectivity index (χ0v) is 15.8. The number of ether oxygens (including phenoxy) is 2. The molecule has 1 heterocycles. The molecule has 0 spiro atoms. The largest absolute Gasteiger partial charge is 0.496 e. The summed E-state index contributed by atoms with van der Waals surface area (Å²) in [5.74, 6) is 0.695. The number of aryl methyl sites for hydroxylation is 2. The summed E-state index contributed by atoms with van der Waals surface area (Å²) in [5.41, 5.74) is 1.33. The lowest BCUT2D eigenvalue weighted by Gasteiger charge is -2.37. The molecular formula is C17H28N2O4S. The van der Waals surface area contributed by atoms with Crippen LogP contribution in [0.3, 0.4) is 0 Å². The molecule has 1 aromatic rings. The number of sulfonamides is 1. The van der Waals surface area contributed by atoms with Crippen molar-refractivity contribution in [1.82, 2.24) is 10.0 Å². The van der Waals surface area contributed by atoms with E-state index in [4.69, 9.17) is 9.47 Å². The molecule has 0 radical (unpaired) electrons. The Hall–Kier alpha value is -1.15. The Morgan fingerprint density at radius 3 is 2.42 bits per heavy atom. The Kier molecular flexibility index (Phi) is 6.25. The van der Waals surface area contributed by atoms with Crippen LogP contribution in [0.4, 0.5) is 0 Å². The van der Waals surface area contributed by atoms with Gasteiger partial charge in [-0.25, -0.2) is 13.1 Å². The van der Waals surface area contributed by atoms with E-state index in [1.807, 2.05) is 6.92 Å². The summed E-state index contributed by atoms with van der Waals surface area (Å²) in [6.07, 6.45) is 1.79. The molecule has 2 rings (SSSR count). The number of nitrogens with one attached hydrogen (secondary N) is 2. The highest BCUT2D eigenvalue weighted by Gasteiger charge is 2.34. The Balaban J connectivity index is 2.20. The topological polar surface area (TPSA) is 76.7 Å². The SMILES string of the molecule is COCC1(CNS(=O)(=O)c2cc(C)c(OC)cc2C)CCNCC1. The summed E-state index contributed by atoms with van der Waals surface area (Å²) < 4.78 is 39.0. The van der Waals surface area contributed by atoms with Crippen LogP contribution in [0.5, 0.6) is 5.75 Å². The van der Waals surface area contributed by atoms with Crippen LogP contribution in [0, 0.1) is 19.3 Å². The average Bonchev–Trinajstić information content (AvgIpc) is 2.56. The van der Waals surface area contributed by atoms with E-state index in [-0.39, 0.29) is 5.41 Å². The van der Waals surface area contributed by atoms with Gasteiger partial charge in [0.1, 0.15) is 5.75 Å². The molecule has 0 aromatic heterocycles. The van der Waals surface area contributed by atoms with Crippen LogP contribution < -0.4 is 14.8 Å². The zero-order chi connectivity index (χ0) is 17.8. The summed E-state index contributed by atoms with van der Waals surface area (Å²) in [5, 5.41) is 3.31. The lowest BCUT2D eigenvalue weighted by atomic mass is 9.80. The minimum Gasteiger partial charge on any atom is -0.496 e. The van der Waals surface area contributed by atoms with Crippen molar-refractivity contribution in [2.24, 2.45) is 5.41 Å². The first-order valence-electron chi connectivity index (χ1n) is 8.18. The first kappa shape index (κ1) is 19.2. The molecule has 0 bridgehead atoms. The minimum atomic E-state index is -3.58. The van der Waals surface area contributed by atoms with Gasteiger partial charge in [0.25, 0.3) is 0 Å². The van der Waals surface area contributed by atoms with Crippen molar-refractivity contribution in [1.29, 1.82) is 0 Å². The highest BCUT2D eigenvalue weighted by molar-refractivity contribution is 7.89. The van der Waals surface area contributed by atoms with Gasteiger partial charge in [-0.05, 0) is 63.0 Å². The third kappa shape index (κ3) is 4.27. The van der Waals surface area contributed by atoms with Crippen molar-refractivity contribution >= 4 is 10.0 Å². The third-order valence-electron chi connectivity index (χ3n) is 4.73. The second-order valence-electron chi connectivity index (χ2n) is 6.59. The Labute approximate surface area is 145 Å². The maximum Gasteiger partial charge on any atom is 0.240 e. The maximum atomic E-state index is 12.8. The van der Waals surface area contributed by atoms with Gasteiger partial charge in [-0.3, -0.25) is 0 Å². The molecular weight excluding hydrogens is 328 g/mol. The van der Waals surface area contributed by atoms with Crippen LogP contribution in [0.15, 0.2) is 17.0 Å². The van der Waals surface area contributed by atoms with Gasteiger partial charge in [0, 0.05) is 19.1 Å². The Morgan fingerprint density at radius 2 is 1.83 bits per heavy atom. The molecule has 1 aromatic carbocycles. The van der Waals surface area contributed by atoms with Gasteiger partial charge < -0.3 is 14.8 Å². The third-order valence-corrected chi connectivity index (χ3v) is 6.28. The molecule has 1 fully saturated rings. The van der Waals surface area contributed by atoms with Crippen LogP contribution in [0.2, 0.25) is 0 Å². The fourth-order valence-corrected chi connectivity index (χ4v) is 4.70. The van der Waals surface area contributed by atoms with Crippen molar-refractivity contribution < 1.29 is 17.9 Å². The molecule has 0 aliphatic carbocycles. The Bertz CT molecular complexity index is 662. The van der Waals surface area contributed by atoms with E-state index < -0.39 is 10.0 Å². The second-order valence-corrected chi connectivity index (χ2v) is 8.33. The van der Waals surface area contributed by atoms with Gasteiger partial charge in [-0.1, -0.05) is 0 Å². The molecule has 1 aliphatic heterocycles. The van der Waals surface area contributed by atoms with Crippen molar-refractivity contribution in [2.45, 2.75) is 31.6 Å². The lowest BCUT2D eigenvalue weighted by Crippen LogP contribution is -2.47. The molecule has 2 N–H and O–H groups in total. The first-order chi connectivity index (χ1) is 11.3. The lowest BCUT2D eigenvalue weighted by molar-refractivity contribution is 0.0577. The smallest absolute Gasteiger partial charge is 0.240 e. The molecule has 0 saturated carbocycles. The zero-order valence-electron chi connectivity index (χ0n) is 14.9. The molecule has 0 atom stereocenters. The van der Waals surface area contributed by atoms with E-state index >= 15 is 0 Å². The fourth-order valence-electron chi connectivity index (χ4n) is 3.23. The number of benzene rings is 1. The summed E-state index contributed by atoms with van der Waals surface area (Å²) in [6, 6.07) is 3.43. The molecule has 136 valence electrons. The van der Waals surface area contributed by atoms with Crippen molar-refractivity contribution in [2.75, 3.05) is 40.5 Å². The standard InChI is InChI=1S/C17H28N2O4S/c1-13-10-16(14(2)9-15(13)23-4)24(20,21)19-11-17(12-22-3)5-7-18-8-6-17/h9-10,18-19H,5-8,11-12H2,1-4H3. The monoisotopic (exact) mass is 356 g/mol. The summed E-state index contributed by atoms with van der Waals surface area (Å²) in [7, 11) is -0.331. The van der Waals surface area contributed by atoms with Crippen LogP contribution in [-0.4, -0.2) is 48.9 Å². The van der Waals surface area contributed by atoms with Crippen LogP contribution in [-0.2, 0) is 14.8 Å². The highest BCUT2D eigenvalue weighted by atomic mass is 32.2. The average molecular weight is 356 g/mol. The number of rotatable bonds is 7. The summed E-state index contributed by atoms with van der Waals surface area (Å²) in [6.45, 7) is 6.33. The van der Waals surface area contributed by atoms with E-state index in [0.29, 0.717) is 29.4 Å². The van der Waals surface area contributed by atoms with E-state index in [9.17, 15) is 8.42 Å². The number of hydrogen-bond donors (Lipinski definition) is 2. The van der Waals surface area contributed by atoms with Gasteiger partial charge in [0.15, 0.2) is 0 Å². The molecule has 1 aliphatic rings. The van der Waals surface area contributed by atoms with Gasteiger partial charge in [-0.2, -0.15) is 0 Å². The predicted molar refractivity (Wildman–Crippen MR) is 94.1 cm³/mol. The van der Waals surface area contributed by atoms with Crippen molar-refractivity contribution in [3.63, 3.8) is 0 Å². The van der Waals surface area contributed by atoms with Gasteiger partial charge >= 0.3 is 0 Å². The first-order valence-corrected chi connectivity index (χ1v) is 9.66. The van der Waals surface area contributed by atoms with E-state index in [1.165, 1.54) is 0 Å². The Morgan fingerprint density at radius 1 is 1.17 bits per heavy atom. The molecule has 0 amide bonds. The molecule has 7 heteroatoms. The maximum absolute atomic E-state index is 12.8. The second kappa shape index (κ2) is 7.82. The number of methoxy groups -OCH3 is 2. The quantitative estimate of drug-likeness (QED) is 0.776. The predicted octanol–water partition coefficient (Wildman–Crippen LogP) is 1.61. The molecule has 1 saturated heterocycles. The van der Waals surface area contributed by atoms with E-state index in [2.05, 4.69) is 10.0 Å². The minimum absolute atomic E-state index is 0.150. The van der Waals surface area contributed by atoms with Gasteiger partial charge in [0.2, 0.25) is 10.0 Å². The van der Waals surface area contributed by atoms with Gasteiger partial charge in [0.05, 0.1) is 18.6 Å². The number of hydrogen-bond acceptors (Lipinski definition) is 5. The summed E-state index contributed by atoms with van der Waals surface area (Å²) in [4.78, 5) is 0.308. The molecule has 24 heavy (non-hydrogen) atoms. The van der Waals surface area contributed by atoms with Crippen molar-refractivity contribution in [3.05, 3.63) is 23.3 Å². The fraction of sp³-hybridized carbons (Fsp3) is 0.647. The van der Waals surface area contributed by atoms with E-state index in [1.54, 1.807) is 33.3 Å².